The number of aromatic carboxylic acids is 1. The van der Waals surface area contributed by atoms with Gasteiger partial charge in [-0.25, -0.2) is 9.78 Å². The summed E-state index contributed by atoms with van der Waals surface area (Å²) < 4.78 is 1.90. The minimum atomic E-state index is -1.22. The van der Waals surface area contributed by atoms with Gasteiger partial charge >= 0.3 is 5.97 Å². The van der Waals surface area contributed by atoms with Gasteiger partial charge in [-0.2, -0.15) is 5.26 Å². The van der Waals surface area contributed by atoms with Crippen LogP contribution in [0.4, 0.5) is 5.82 Å². The van der Waals surface area contributed by atoms with E-state index < -0.39 is 11.4 Å². The highest BCUT2D eigenvalue weighted by Gasteiger charge is 2.28. The number of carbonyl (C=O) groups is 1. The largest absolute Gasteiger partial charge is 0.477 e. The average molecular weight is 360 g/mol. The van der Waals surface area contributed by atoms with Gasteiger partial charge in [0.2, 0.25) is 5.43 Å². The van der Waals surface area contributed by atoms with Gasteiger partial charge in [-0.15, -0.1) is 0 Å². The van der Waals surface area contributed by atoms with Crippen molar-refractivity contribution in [3.05, 3.63) is 57.5 Å². The molecule has 7 nitrogen and oxygen atoms in total. The van der Waals surface area contributed by atoms with Crippen LogP contribution in [0, 0.1) is 18.3 Å². The third-order valence-corrected chi connectivity index (χ3v) is 4.97. The molecule has 0 saturated heterocycles. The Kier molecular flexibility index (Phi) is 3.70. The smallest absolute Gasteiger partial charge is 0.341 e. The average Bonchev–Trinajstić information content (AvgIpc) is 3.48. The second-order valence-electron chi connectivity index (χ2n) is 6.72. The zero-order chi connectivity index (χ0) is 19.3. The van der Waals surface area contributed by atoms with Crippen molar-refractivity contribution in [2.24, 2.45) is 0 Å². The third kappa shape index (κ3) is 2.62. The van der Waals surface area contributed by atoms with Crippen LogP contribution in [0.3, 0.4) is 0 Å². The molecule has 1 aliphatic rings. The van der Waals surface area contributed by atoms with Crippen LogP contribution >= 0.6 is 0 Å². The van der Waals surface area contributed by atoms with Crippen LogP contribution in [0.15, 0.2) is 35.4 Å². The van der Waals surface area contributed by atoms with Crippen molar-refractivity contribution in [3.63, 3.8) is 0 Å². The summed E-state index contributed by atoms with van der Waals surface area (Å²) in [6.07, 6.45) is 4.93. The Morgan fingerprint density at radius 3 is 2.78 bits per heavy atom. The van der Waals surface area contributed by atoms with Gasteiger partial charge in [0.05, 0.1) is 11.1 Å². The topological polar surface area (TPSA) is 122 Å². The summed E-state index contributed by atoms with van der Waals surface area (Å²) in [4.78, 5) is 28.2. The van der Waals surface area contributed by atoms with Crippen molar-refractivity contribution in [2.45, 2.75) is 25.8 Å². The number of benzene rings is 1. The molecule has 1 aliphatic carbocycles. The number of nitriles is 1. The molecule has 1 saturated carbocycles. The van der Waals surface area contributed by atoms with E-state index in [1.54, 1.807) is 24.4 Å². The third-order valence-electron chi connectivity index (χ3n) is 4.97. The number of anilines is 1. The van der Waals surface area contributed by atoms with Crippen molar-refractivity contribution in [1.29, 1.82) is 5.26 Å². The molecule has 1 fully saturated rings. The number of nitrogens with zero attached hydrogens (tertiary/aromatic N) is 3. The van der Waals surface area contributed by atoms with Crippen molar-refractivity contribution < 1.29 is 9.90 Å². The number of nitrogen functional groups attached to an aromatic ring is 1. The van der Waals surface area contributed by atoms with Gasteiger partial charge in [0.25, 0.3) is 0 Å². The Morgan fingerprint density at radius 1 is 1.41 bits per heavy atom. The lowest BCUT2D eigenvalue weighted by molar-refractivity contribution is 0.0695. The molecule has 134 valence electrons. The second-order valence-corrected chi connectivity index (χ2v) is 6.72. The van der Waals surface area contributed by atoms with E-state index in [1.807, 2.05) is 17.6 Å². The molecule has 0 amide bonds. The van der Waals surface area contributed by atoms with Gasteiger partial charge in [0.15, 0.2) is 0 Å². The molecule has 1 aromatic carbocycles. The lowest BCUT2D eigenvalue weighted by Crippen LogP contribution is -2.19. The molecule has 0 aliphatic heterocycles. The fraction of sp³-hybridized carbons (Fsp3) is 0.200. The van der Waals surface area contributed by atoms with E-state index in [0.29, 0.717) is 5.39 Å². The number of carboxylic acid groups (broad SMARTS) is 1. The first-order valence-corrected chi connectivity index (χ1v) is 8.50. The highest BCUT2D eigenvalue weighted by molar-refractivity contribution is 5.95. The van der Waals surface area contributed by atoms with E-state index in [9.17, 15) is 20.0 Å². The molecule has 2 heterocycles. The fourth-order valence-electron chi connectivity index (χ4n) is 3.44. The summed E-state index contributed by atoms with van der Waals surface area (Å²) in [6.45, 7) is 1.89. The molecule has 27 heavy (non-hydrogen) atoms. The Morgan fingerprint density at radius 2 is 2.15 bits per heavy atom. The quantitative estimate of drug-likeness (QED) is 0.740. The molecular formula is C20H16N4O3. The number of hydrogen-bond donors (Lipinski definition) is 2. The number of rotatable bonds is 3. The van der Waals surface area contributed by atoms with Crippen LogP contribution < -0.4 is 11.2 Å². The summed E-state index contributed by atoms with van der Waals surface area (Å²) in [5.41, 5.74) is 8.39. The van der Waals surface area contributed by atoms with Crippen LogP contribution in [-0.4, -0.2) is 20.6 Å². The second kappa shape index (κ2) is 5.95. The van der Waals surface area contributed by atoms with Crippen molar-refractivity contribution in [2.75, 3.05) is 5.73 Å². The first kappa shape index (κ1) is 16.8. The number of fused-ring (bicyclic) bond motifs is 1. The molecule has 0 atom stereocenters. The molecule has 7 heteroatoms. The van der Waals surface area contributed by atoms with E-state index >= 15 is 0 Å². The van der Waals surface area contributed by atoms with Crippen LogP contribution in [0.1, 0.15) is 40.4 Å². The number of nitrogens with two attached hydrogens (primary N) is 1. The van der Waals surface area contributed by atoms with Crippen molar-refractivity contribution in [3.8, 4) is 17.2 Å². The molecule has 0 bridgehead atoms. The SMILES string of the molecule is Cc1c(-c2cnc(N)c(C#N)c2)ccc2c(=O)c(C(=O)O)cn(C3CC3)c12. The molecule has 0 unspecified atom stereocenters. The fourth-order valence-corrected chi connectivity index (χ4v) is 3.44. The molecule has 0 spiro atoms. The van der Waals surface area contributed by atoms with E-state index in [0.717, 1.165) is 35.0 Å². The predicted molar refractivity (Wildman–Crippen MR) is 101 cm³/mol. The zero-order valence-corrected chi connectivity index (χ0v) is 14.6. The first-order chi connectivity index (χ1) is 12.9. The molecule has 3 N–H and O–H groups in total. The number of pyridine rings is 2. The number of aryl methyl sites for hydroxylation is 1. The summed E-state index contributed by atoms with van der Waals surface area (Å²) in [7, 11) is 0. The highest BCUT2D eigenvalue weighted by atomic mass is 16.4. The number of hydrogen-bond acceptors (Lipinski definition) is 5. The Balaban J connectivity index is 2.04. The normalized spacial score (nSPS) is 13.5. The van der Waals surface area contributed by atoms with E-state index in [4.69, 9.17) is 5.73 Å². The van der Waals surface area contributed by atoms with E-state index in [2.05, 4.69) is 4.98 Å². The maximum atomic E-state index is 12.6. The Bertz CT molecular complexity index is 1220. The maximum absolute atomic E-state index is 12.6. The Labute approximate surface area is 154 Å². The van der Waals surface area contributed by atoms with Gasteiger partial charge in [-0.1, -0.05) is 6.07 Å². The minimum absolute atomic E-state index is 0.167. The van der Waals surface area contributed by atoms with Gasteiger partial charge in [-0.05, 0) is 43.0 Å². The van der Waals surface area contributed by atoms with Gasteiger partial charge in [-0.3, -0.25) is 4.79 Å². The standard InChI is InChI=1S/C20H16N4O3/c1-10-14(12-6-11(7-21)19(22)23-8-12)4-5-15-17(10)24(13-2-3-13)9-16(18(15)25)20(26)27/h4-6,8-9,13H,2-3H2,1H3,(H2,22,23)(H,26,27). The zero-order valence-electron chi connectivity index (χ0n) is 14.6. The predicted octanol–water partition coefficient (Wildman–Crippen LogP) is 2.86. The van der Waals surface area contributed by atoms with E-state index in [1.165, 1.54) is 6.20 Å². The number of carboxylic acids is 1. The lowest BCUT2D eigenvalue weighted by atomic mass is 9.96. The number of aromatic nitrogens is 2. The van der Waals surface area contributed by atoms with Crippen LogP contribution in [-0.2, 0) is 0 Å². The molecule has 0 radical (unpaired) electrons. The molecule has 4 rings (SSSR count). The molecule has 2 aromatic heterocycles. The summed E-state index contributed by atoms with van der Waals surface area (Å²) in [5.74, 6) is -1.06. The van der Waals surface area contributed by atoms with Gasteiger partial charge in [0, 0.05) is 29.4 Å². The van der Waals surface area contributed by atoms with Crippen LogP contribution in [0.25, 0.3) is 22.0 Å². The van der Waals surface area contributed by atoms with E-state index in [-0.39, 0.29) is 23.0 Å². The van der Waals surface area contributed by atoms with Crippen molar-refractivity contribution in [1.82, 2.24) is 9.55 Å². The summed E-state index contributed by atoms with van der Waals surface area (Å²) >= 11 is 0. The first-order valence-electron chi connectivity index (χ1n) is 8.50. The molecular weight excluding hydrogens is 344 g/mol. The van der Waals surface area contributed by atoms with Crippen LogP contribution in [0.5, 0.6) is 0 Å². The van der Waals surface area contributed by atoms with Gasteiger partial charge in [0.1, 0.15) is 17.5 Å². The Hall–Kier alpha value is -3.66. The minimum Gasteiger partial charge on any atom is -0.477 e. The van der Waals surface area contributed by atoms with Gasteiger partial charge < -0.3 is 15.4 Å². The summed E-state index contributed by atoms with van der Waals surface area (Å²) in [6, 6.07) is 7.29. The van der Waals surface area contributed by atoms with Crippen molar-refractivity contribution >= 4 is 22.7 Å². The maximum Gasteiger partial charge on any atom is 0.341 e. The lowest BCUT2D eigenvalue weighted by Gasteiger charge is -2.16. The summed E-state index contributed by atoms with van der Waals surface area (Å²) in [5, 5.41) is 19.0. The molecule has 3 aromatic rings. The monoisotopic (exact) mass is 360 g/mol. The highest BCUT2D eigenvalue weighted by Crippen LogP contribution is 2.39. The van der Waals surface area contributed by atoms with Crippen LogP contribution in [0.2, 0.25) is 0 Å².